The van der Waals surface area contributed by atoms with Gasteiger partial charge in [0.2, 0.25) is 5.91 Å². The lowest BCUT2D eigenvalue weighted by molar-refractivity contribution is -0.129. The first-order valence-corrected chi connectivity index (χ1v) is 8.82. The molecular formula is C13H18BrClN2O3S. The Morgan fingerprint density at radius 3 is 2.81 bits per heavy atom. The van der Waals surface area contributed by atoms with E-state index in [0.29, 0.717) is 24.1 Å². The van der Waals surface area contributed by atoms with Crippen molar-refractivity contribution in [2.24, 2.45) is 0 Å². The molecule has 1 amide bonds. The van der Waals surface area contributed by atoms with E-state index in [4.69, 9.17) is 0 Å². The van der Waals surface area contributed by atoms with E-state index >= 15 is 0 Å². The van der Waals surface area contributed by atoms with E-state index in [-0.39, 0.29) is 29.3 Å². The number of carbonyl (C=O) groups is 1. The van der Waals surface area contributed by atoms with Crippen LogP contribution in [0, 0.1) is 0 Å². The summed E-state index contributed by atoms with van der Waals surface area (Å²) in [6, 6.07) is 6.62. The summed E-state index contributed by atoms with van der Waals surface area (Å²) in [5.41, 5.74) is 0. The zero-order valence-electron chi connectivity index (χ0n) is 11.6. The van der Waals surface area contributed by atoms with Crippen molar-refractivity contribution >= 4 is 44.1 Å². The highest BCUT2D eigenvalue weighted by Gasteiger charge is 2.26. The molecule has 1 heterocycles. The number of rotatable bonds is 3. The van der Waals surface area contributed by atoms with Gasteiger partial charge in [-0.25, -0.2) is 8.42 Å². The smallest absolute Gasteiger partial charge is 0.238 e. The lowest BCUT2D eigenvalue weighted by Gasteiger charge is -2.31. The maximum atomic E-state index is 12.2. The average molecular weight is 398 g/mol. The fraction of sp³-hybridized carbons (Fsp3) is 0.462. The van der Waals surface area contributed by atoms with Crippen molar-refractivity contribution in [3.05, 3.63) is 28.7 Å². The Hall–Kier alpha value is -0.630. The van der Waals surface area contributed by atoms with Gasteiger partial charge in [0.25, 0.3) is 0 Å². The standard InChI is InChI=1S/C13H17BrN2O3S.ClH/c1-10-8-16(6-5-15-10)13(17)9-20(18,19)12-4-2-3-11(14)7-12;/h2-4,7,10,15H,5-6,8-9H2,1H3;1H/t10-;/m0./s1. The zero-order valence-corrected chi connectivity index (χ0v) is 14.8. The summed E-state index contributed by atoms with van der Waals surface area (Å²) < 4.78 is 25.2. The van der Waals surface area contributed by atoms with Gasteiger partial charge in [-0.3, -0.25) is 4.79 Å². The summed E-state index contributed by atoms with van der Waals surface area (Å²) in [5, 5.41) is 3.22. The normalized spacial score (nSPS) is 19.0. The molecule has 21 heavy (non-hydrogen) atoms. The third-order valence-electron chi connectivity index (χ3n) is 3.19. The molecule has 1 aliphatic rings. The van der Waals surface area contributed by atoms with Crippen molar-refractivity contribution in [1.82, 2.24) is 10.2 Å². The number of nitrogens with one attached hydrogen (secondary N) is 1. The predicted molar refractivity (Wildman–Crippen MR) is 87.5 cm³/mol. The zero-order chi connectivity index (χ0) is 14.8. The van der Waals surface area contributed by atoms with E-state index in [2.05, 4.69) is 21.2 Å². The Morgan fingerprint density at radius 2 is 2.19 bits per heavy atom. The van der Waals surface area contributed by atoms with E-state index in [1.165, 1.54) is 12.1 Å². The molecule has 1 atom stereocenters. The van der Waals surface area contributed by atoms with Crippen LogP contribution in [0.4, 0.5) is 0 Å². The Bertz CT molecular complexity index is 609. The van der Waals surface area contributed by atoms with Crippen LogP contribution in [0.15, 0.2) is 33.6 Å². The molecule has 0 aliphatic carbocycles. The number of hydrogen-bond acceptors (Lipinski definition) is 4. The first-order chi connectivity index (χ1) is 9.38. The van der Waals surface area contributed by atoms with Gasteiger partial charge in [0.15, 0.2) is 9.84 Å². The van der Waals surface area contributed by atoms with Gasteiger partial charge < -0.3 is 10.2 Å². The Balaban J connectivity index is 0.00000220. The van der Waals surface area contributed by atoms with Crippen LogP contribution >= 0.6 is 28.3 Å². The highest BCUT2D eigenvalue weighted by molar-refractivity contribution is 9.10. The van der Waals surface area contributed by atoms with Gasteiger partial charge in [-0.1, -0.05) is 22.0 Å². The molecule has 1 aromatic carbocycles. The number of benzene rings is 1. The van der Waals surface area contributed by atoms with E-state index in [9.17, 15) is 13.2 Å². The van der Waals surface area contributed by atoms with Gasteiger partial charge >= 0.3 is 0 Å². The van der Waals surface area contributed by atoms with Gasteiger partial charge in [-0.05, 0) is 25.1 Å². The molecule has 0 saturated carbocycles. The maximum absolute atomic E-state index is 12.2. The molecule has 1 aliphatic heterocycles. The highest BCUT2D eigenvalue weighted by Crippen LogP contribution is 2.17. The summed E-state index contributed by atoms with van der Waals surface area (Å²) in [5.74, 6) is -0.811. The van der Waals surface area contributed by atoms with Crippen LogP contribution in [0.2, 0.25) is 0 Å². The van der Waals surface area contributed by atoms with Gasteiger partial charge in [-0.15, -0.1) is 12.4 Å². The highest BCUT2D eigenvalue weighted by atomic mass is 79.9. The second-order valence-corrected chi connectivity index (χ2v) is 7.82. The quantitative estimate of drug-likeness (QED) is 0.839. The fourth-order valence-corrected chi connectivity index (χ4v) is 3.97. The van der Waals surface area contributed by atoms with Crippen molar-refractivity contribution in [3.8, 4) is 0 Å². The fourth-order valence-electron chi connectivity index (χ4n) is 2.16. The third-order valence-corrected chi connectivity index (χ3v) is 5.28. The van der Waals surface area contributed by atoms with Crippen LogP contribution in [-0.2, 0) is 14.6 Å². The third kappa shape index (κ3) is 4.95. The molecular weight excluding hydrogens is 380 g/mol. The van der Waals surface area contributed by atoms with Crippen LogP contribution in [-0.4, -0.2) is 50.7 Å². The van der Waals surface area contributed by atoms with E-state index in [1.54, 1.807) is 17.0 Å². The first-order valence-electron chi connectivity index (χ1n) is 6.38. The summed E-state index contributed by atoms with van der Waals surface area (Å²) in [4.78, 5) is 13.9. The van der Waals surface area contributed by atoms with Gasteiger partial charge in [0, 0.05) is 30.1 Å². The molecule has 0 spiro atoms. The number of carbonyl (C=O) groups excluding carboxylic acids is 1. The van der Waals surface area contributed by atoms with E-state index in [1.807, 2.05) is 6.92 Å². The van der Waals surface area contributed by atoms with Crippen molar-refractivity contribution < 1.29 is 13.2 Å². The molecule has 1 aromatic rings. The number of piperazine rings is 1. The minimum Gasteiger partial charge on any atom is -0.339 e. The molecule has 0 radical (unpaired) electrons. The van der Waals surface area contributed by atoms with Crippen molar-refractivity contribution in [2.45, 2.75) is 17.9 Å². The number of halogens is 2. The molecule has 0 unspecified atom stereocenters. The van der Waals surface area contributed by atoms with Crippen molar-refractivity contribution in [1.29, 1.82) is 0 Å². The topological polar surface area (TPSA) is 66.5 Å². The molecule has 0 aromatic heterocycles. The van der Waals surface area contributed by atoms with Crippen LogP contribution < -0.4 is 5.32 Å². The van der Waals surface area contributed by atoms with Crippen molar-refractivity contribution in [3.63, 3.8) is 0 Å². The minimum absolute atomic E-state index is 0. The number of nitrogens with zero attached hydrogens (tertiary/aromatic N) is 1. The van der Waals surface area contributed by atoms with Gasteiger partial charge in [0.05, 0.1) is 4.90 Å². The molecule has 1 fully saturated rings. The average Bonchev–Trinajstić information content (AvgIpc) is 2.38. The second kappa shape index (κ2) is 7.58. The SMILES string of the molecule is C[C@H]1CN(C(=O)CS(=O)(=O)c2cccc(Br)c2)CCN1.Cl. The lowest BCUT2D eigenvalue weighted by Crippen LogP contribution is -2.52. The lowest BCUT2D eigenvalue weighted by atomic mass is 10.2. The summed E-state index contributed by atoms with van der Waals surface area (Å²) in [7, 11) is -3.59. The Labute approximate surface area is 139 Å². The molecule has 1 N–H and O–H groups in total. The Morgan fingerprint density at radius 1 is 1.48 bits per heavy atom. The molecule has 118 valence electrons. The first kappa shape index (κ1) is 18.4. The molecule has 5 nitrogen and oxygen atoms in total. The second-order valence-electron chi connectivity index (χ2n) is 4.91. The minimum atomic E-state index is -3.59. The van der Waals surface area contributed by atoms with Crippen LogP contribution in [0.3, 0.4) is 0 Å². The number of amides is 1. The summed E-state index contributed by atoms with van der Waals surface area (Å²) in [6.07, 6.45) is 0. The number of hydrogen-bond donors (Lipinski definition) is 1. The van der Waals surface area contributed by atoms with Gasteiger partial charge in [-0.2, -0.15) is 0 Å². The van der Waals surface area contributed by atoms with Crippen molar-refractivity contribution in [2.75, 3.05) is 25.4 Å². The largest absolute Gasteiger partial charge is 0.339 e. The molecule has 0 bridgehead atoms. The predicted octanol–water partition coefficient (Wildman–Crippen LogP) is 1.46. The number of sulfone groups is 1. The maximum Gasteiger partial charge on any atom is 0.238 e. The van der Waals surface area contributed by atoms with Crippen LogP contribution in [0.5, 0.6) is 0 Å². The summed E-state index contributed by atoms with van der Waals surface area (Å²) in [6.45, 7) is 3.77. The summed E-state index contributed by atoms with van der Waals surface area (Å²) >= 11 is 3.24. The van der Waals surface area contributed by atoms with E-state index in [0.717, 1.165) is 0 Å². The molecule has 2 rings (SSSR count). The molecule has 8 heteroatoms. The van der Waals surface area contributed by atoms with Crippen LogP contribution in [0.1, 0.15) is 6.92 Å². The Kier molecular flexibility index (Phi) is 6.65. The van der Waals surface area contributed by atoms with Crippen LogP contribution in [0.25, 0.3) is 0 Å². The monoisotopic (exact) mass is 396 g/mol. The van der Waals surface area contributed by atoms with E-state index < -0.39 is 15.6 Å². The van der Waals surface area contributed by atoms with Gasteiger partial charge in [0.1, 0.15) is 5.75 Å². The molecule has 1 saturated heterocycles.